The minimum Gasteiger partial charge on any atom is -0.497 e. The molecular weight excluding hydrogens is 480 g/mol. The molecule has 1 aliphatic heterocycles. The Hall–Kier alpha value is -2.58. The maximum atomic E-state index is 12.8. The Labute approximate surface area is 192 Å². The zero-order valence-electron chi connectivity index (χ0n) is 17.1. The van der Waals surface area contributed by atoms with Crippen molar-refractivity contribution in [2.75, 3.05) is 38.2 Å². The zero-order valence-corrected chi connectivity index (χ0v) is 19.5. The maximum absolute atomic E-state index is 12.8. The lowest BCUT2D eigenvalue weighted by molar-refractivity contribution is 0.0713. The number of nitrogens with zero attached hydrogens (tertiary/aromatic N) is 2. The van der Waals surface area contributed by atoms with Crippen LogP contribution in [0.3, 0.4) is 0 Å². The van der Waals surface area contributed by atoms with Gasteiger partial charge < -0.3 is 19.0 Å². The predicted octanol–water partition coefficient (Wildman–Crippen LogP) is 4.32. The highest BCUT2D eigenvalue weighted by Crippen LogP contribution is 2.22. The Morgan fingerprint density at radius 2 is 1.68 bits per heavy atom. The molecule has 2 aromatic carbocycles. The number of carbonyl (C=O) groups is 1. The average Bonchev–Trinajstić information content (AvgIpc) is 3.27. The monoisotopic (exact) mass is 502 g/mol. The van der Waals surface area contributed by atoms with Gasteiger partial charge in [0.1, 0.15) is 11.5 Å². The number of furan rings is 1. The number of piperazine rings is 1. The van der Waals surface area contributed by atoms with Crippen LogP contribution < -0.4 is 9.64 Å². The number of hydrogen-bond donors (Lipinski definition) is 0. The van der Waals surface area contributed by atoms with Gasteiger partial charge in [-0.25, -0.2) is 0 Å². The van der Waals surface area contributed by atoms with Gasteiger partial charge in [0, 0.05) is 41.2 Å². The molecule has 1 aromatic heterocycles. The van der Waals surface area contributed by atoms with E-state index in [0.29, 0.717) is 24.6 Å². The van der Waals surface area contributed by atoms with Crippen LogP contribution in [0.25, 0.3) is 0 Å². The largest absolute Gasteiger partial charge is 0.497 e. The molecule has 0 N–H and O–H groups in total. The number of ether oxygens (including phenoxy) is 1. The van der Waals surface area contributed by atoms with Crippen LogP contribution in [0, 0.1) is 0 Å². The fourth-order valence-electron chi connectivity index (χ4n) is 3.49. The molecule has 0 spiro atoms. The Morgan fingerprint density at radius 3 is 2.32 bits per heavy atom. The number of anilines is 1. The summed E-state index contributed by atoms with van der Waals surface area (Å²) in [7, 11) is 0.420. The van der Waals surface area contributed by atoms with Crippen molar-refractivity contribution in [3.8, 4) is 5.75 Å². The molecule has 0 aliphatic carbocycles. The minimum absolute atomic E-state index is 0.130. The van der Waals surface area contributed by atoms with Gasteiger partial charge in [0.05, 0.1) is 23.7 Å². The fraction of sp³-hybridized carbons (Fsp3) is 0.261. The van der Waals surface area contributed by atoms with E-state index in [1.165, 1.54) is 0 Å². The molecule has 2 heterocycles. The third-order valence-electron chi connectivity index (χ3n) is 5.23. The van der Waals surface area contributed by atoms with Crippen LogP contribution in [0.1, 0.15) is 16.3 Å². The summed E-state index contributed by atoms with van der Waals surface area (Å²) in [5.41, 5.74) is 1.11. The van der Waals surface area contributed by atoms with E-state index in [4.69, 9.17) is 9.15 Å². The molecule has 0 radical (unpaired) electrons. The normalized spacial score (nSPS) is 15.0. The summed E-state index contributed by atoms with van der Waals surface area (Å²) in [6.45, 7) is 2.73. The second kappa shape index (κ2) is 9.70. The molecule has 0 unspecified atom stereocenters. The van der Waals surface area contributed by atoms with E-state index < -0.39 is 10.8 Å². The molecule has 1 atom stereocenters. The predicted molar refractivity (Wildman–Crippen MR) is 124 cm³/mol. The van der Waals surface area contributed by atoms with Gasteiger partial charge in [-0.1, -0.05) is 15.9 Å². The van der Waals surface area contributed by atoms with Crippen molar-refractivity contribution in [3.05, 3.63) is 76.7 Å². The summed E-state index contributed by atoms with van der Waals surface area (Å²) in [6.07, 6.45) is 0. The quantitative estimate of drug-likeness (QED) is 0.502. The van der Waals surface area contributed by atoms with Crippen LogP contribution >= 0.6 is 15.9 Å². The van der Waals surface area contributed by atoms with Gasteiger partial charge in [-0.05, 0) is 60.7 Å². The molecule has 1 saturated heterocycles. The van der Waals surface area contributed by atoms with Crippen LogP contribution in [0.4, 0.5) is 5.69 Å². The summed E-state index contributed by atoms with van der Waals surface area (Å²) in [5.74, 6) is 1.77. The summed E-state index contributed by atoms with van der Waals surface area (Å²) >= 11 is 3.37. The van der Waals surface area contributed by atoms with Crippen molar-refractivity contribution in [2.45, 2.75) is 10.6 Å². The van der Waals surface area contributed by atoms with Gasteiger partial charge in [-0.2, -0.15) is 0 Å². The molecule has 6 nitrogen and oxygen atoms in total. The number of halogens is 1. The third-order valence-corrected chi connectivity index (χ3v) is 7.10. The number of hydrogen-bond acceptors (Lipinski definition) is 5. The molecule has 1 aliphatic rings. The molecule has 1 fully saturated rings. The van der Waals surface area contributed by atoms with Gasteiger partial charge in [-0.3, -0.25) is 9.00 Å². The van der Waals surface area contributed by atoms with Gasteiger partial charge in [-0.15, -0.1) is 0 Å². The Bertz CT molecular complexity index is 1060. The van der Waals surface area contributed by atoms with Crippen LogP contribution in [0.2, 0.25) is 0 Å². The summed E-state index contributed by atoms with van der Waals surface area (Å²) in [5, 5.41) is 0. The minimum atomic E-state index is -1.23. The number of rotatable bonds is 6. The van der Waals surface area contributed by atoms with E-state index in [1.807, 2.05) is 48.5 Å². The molecular formula is C23H23BrN2O4S. The average molecular weight is 503 g/mol. The van der Waals surface area contributed by atoms with Crippen molar-refractivity contribution in [1.29, 1.82) is 0 Å². The van der Waals surface area contributed by atoms with E-state index in [0.717, 1.165) is 33.9 Å². The number of amides is 1. The van der Waals surface area contributed by atoms with Gasteiger partial charge >= 0.3 is 0 Å². The summed E-state index contributed by atoms with van der Waals surface area (Å²) in [4.78, 5) is 17.6. The maximum Gasteiger partial charge on any atom is 0.289 e. The second-order valence-corrected chi connectivity index (χ2v) is 9.55. The second-order valence-electron chi connectivity index (χ2n) is 7.19. The molecule has 3 aromatic rings. The summed E-state index contributed by atoms with van der Waals surface area (Å²) < 4.78 is 24.4. The molecule has 1 amide bonds. The number of methoxy groups -OCH3 is 1. The van der Waals surface area contributed by atoms with Crippen molar-refractivity contribution in [3.63, 3.8) is 0 Å². The summed E-state index contributed by atoms with van der Waals surface area (Å²) in [6, 6.07) is 18.7. The molecule has 31 heavy (non-hydrogen) atoms. The standard InChI is InChI=1S/C23H23BrN2O4S/c1-29-19-6-4-18(5-7-19)25-12-14-26(15-13-25)23(27)22-11-8-20(30-22)16-31(28)21-9-2-17(24)3-10-21/h2-11H,12-16H2,1H3/t31-/m1/s1. The van der Waals surface area contributed by atoms with Crippen molar-refractivity contribution in [2.24, 2.45) is 0 Å². The zero-order chi connectivity index (χ0) is 21.8. The van der Waals surface area contributed by atoms with E-state index in [2.05, 4.69) is 20.8 Å². The van der Waals surface area contributed by atoms with Crippen LogP contribution in [0.15, 0.2) is 74.4 Å². The van der Waals surface area contributed by atoms with E-state index in [9.17, 15) is 9.00 Å². The lowest BCUT2D eigenvalue weighted by Crippen LogP contribution is -2.48. The molecule has 0 saturated carbocycles. The van der Waals surface area contributed by atoms with E-state index >= 15 is 0 Å². The van der Waals surface area contributed by atoms with Gasteiger partial charge in [0.15, 0.2) is 5.76 Å². The Kier molecular flexibility index (Phi) is 6.77. The van der Waals surface area contributed by atoms with Crippen LogP contribution in [-0.2, 0) is 16.6 Å². The first-order chi connectivity index (χ1) is 15.0. The molecule has 4 rings (SSSR count). The van der Waals surface area contributed by atoms with Crippen LogP contribution in [0.5, 0.6) is 5.75 Å². The Morgan fingerprint density at radius 1 is 1.00 bits per heavy atom. The topological polar surface area (TPSA) is 63.0 Å². The first kappa shape index (κ1) is 21.6. The van der Waals surface area contributed by atoms with E-state index in [-0.39, 0.29) is 11.7 Å². The van der Waals surface area contributed by atoms with Crippen molar-refractivity contribution < 1.29 is 18.2 Å². The fourth-order valence-corrected chi connectivity index (χ4v) is 4.77. The SMILES string of the molecule is COc1ccc(N2CCN(C(=O)c3ccc(C[S@@](=O)c4ccc(Br)cc4)o3)CC2)cc1. The molecule has 8 heteroatoms. The molecule has 162 valence electrons. The molecule has 0 bridgehead atoms. The number of carbonyl (C=O) groups excluding carboxylic acids is 1. The van der Waals surface area contributed by atoms with Gasteiger partial charge in [0.25, 0.3) is 5.91 Å². The lowest BCUT2D eigenvalue weighted by atomic mass is 10.2. The third kappa shape index (κ3) is 5.19. The van der Waals surface area contributed by atoms with Gasteiger partial charge in [0.2, 0.25) is 0 Å². The lowest BCUT2D eigenvalue weighted by Gasteiger charge is -2.35. The highest BCUT2D eigenvalue weighted by atomic mass is 79.9. The van der Waals surface area contributed by atoms with Crippen LogP contribution in [-0.4, -0.2) is 48.3 Å². The highest BCUT2D eigenvalue weighted by Gasteiger charge is 2.24. The first-order valence-electron chi connectivity index (χ1n) is 9.94. The highest BCUT2D eigenvalue weighted by molar-refractivity contribution is 9.10. The Balaban J connectivity index is 1.33. The number of benzene rings is 2. The van der Waals surface area contributed by atoms with Crippen molar-refractivity contribution in [1.82, 2.24) is 4.90 Å². The first-order valence-corrected chi connectivity index (χ1v) is 12.1. The smallest absolute Gasteiger partial charge is 0.289 e. The van der Waals surface area contributed by atoms with Crippen molar-refractivity contribution >= 4 is 38.3 Å². The van der Waals surface area contributed by atoms with E-state index in [1.54, 1.807) is 24.1 Å².